The molecule has 0 unspecified atom stereocenters. The first-order valence-electron chi connectivity index (χ1n) is 3.12. The van der Waals surface area contributed by atoms with Crippen LogP contribution in [0.15, 0.2) is 43.5 Å². The molecule has 1 aromatic carbocycles. The number of benzene rings is 1. The summed E-state index contributed by atoms with van der Waals surface area (Å²) < 4.78 is 0. The van der Waals surface area contributed by atoms with Crippen LogP contribution in [0.2, 0.25) is 0 Å². The summed E-state index contributed by atoms with van der Waals surface area (Å²) in [6, 6.07) is 10.3. The van der Waals surface area contributed by atoms with Crippen LogP contribution < -0.4 is 0 Å². The predicted octanol–water partition coefficient (Wildman–Crippen LogP) is 2.00. The zero-order chi connectivity index (χ0) is 7.82. The van der Waals surface area contributed by atoms with E-state index in [0.29, 0.717) is 0 Å². The van der Waals surface area contributed by atoms with E-state index in [1.165, 1.54) is 5.56 Å². The minimum Gasteiger partial charge on any atom is -0.106 e. The summed E-state index contributed by atoms with van der Waals surface area (Å²) in [7, 11) is 0. The molecule has 0 amide bonds. The molecule has 0 saturated carbocycles. The van der Waals surface area contributed by atoms with Gasteiger partial charge in [-0.1, -0.05) is 30.3 Å². The van der Waals surface area contributed by atoms with Gasteiger partial charge in [0.1, 0.15) is 5.75 Å². The van der Waals surface area contributed by atoms with E-state index in [4.69, 9.17) is 0 Å². The molecule has 0 aliphatic carbocycles. The molecule has 0 fully saturated rings. The highest BCUT2D eigenvalue weighted by molar-refractivity contribution is 7.57. The minimum atomic E-state index is 0.945. The fraction of sp³-hybridized carbons (Fsp3) is 0.111. The number of hydrogen-bond acceptors (Lipinski definition) is 0. The van der Waals surface area contributed by atoms with Gasteiger partial charge in [-0.2, -0.15) is 0 Å². The molecule has 0 N–H and O–H groups in total. The van der Waals surface area contributed by atoms with Crippen LogP contribution in [0.25, 0.3) is 0 Å². The Bertz CT molecular complexity index is 158. The molecule has 0 atom stereocenters. The van der Waals surface area contributed by atoms with E-state index in [0.717, 1.165) is 5.75 Å². The van der Waals surface area contributed by atoms with Crippen LogP contribution in [-0.4, -0.2) is 0 Å². The summed E-state index contributed by atoms with van der Waals surface area (Å²) in [5.41, 5.74) is 1.32. The van der Waals surface area contributed by atoms with Gasteiger partial charge in [-0.05, 0) is 12.6 Å². The van der Waals surface area contributed by atoms with E-state index in [1.807, 2.05) is 18.2 Å². The van der Waals surface area contributed by atoms with Crippen molar-refractivity contribution in [2.75, 3.05) is 0 Å². The van der Waals surface area contributed by atoms with Crippen LogP contribution in [0, 0.1) is 0 Å². The molecule has 0 heterocycles. The number of hydrogen-bond donors (Lipinski definition) is 0. The maximum Gasteiger partial charge on any atom is 0.128 e. The highest BCUT2D eigenvalue weighted by Crippen LogP contribution is 1.96. The zero-order valence-electron chi connectivity index (χ0n) is 6.01. The Morgan fingerprint density at radius 3 is 1.90 bits per heavy atom. The summed E-state index contributed by atoms with van der Waals surface area (Å²) in [6.07, 6.45) is 0. The monoisotopic (exact) mass is 153 g/mol. The largest absolute Gasteiger partial charge is 0.128 e. The topological polar surface area (TPSA) is 0 Å². The molecule has 0 radical (unpaired) electrons. The maximum absolute atomic E-state index is 3.40. The van der Waals surface area contributed by atoms with Crippen LogP contribution in [0.3, 0.4) is 0 Å². The Balaban J connectivity index is 0.000000371. The average Bonchev–Trinajstić information content (AvgIpc) is 2.10. The van der Waals surface area contributed by atoms with E-state index < -0.39 is 0 Å². The smallest absolute Gasteiger partial charge is 0.106 e. The van der Waals surface area contributed by atoms with Crippen molar-refractivity contribution < 1.29 is 0 Å². The van der Waals surface area contributed by atoms with Gasteiger partial charge < -0.3 is 0 Å². The van der Waals surface area contributed by atoms with E-state index in [1.54, 1.807) is 0 Å². The molecule has 1 aromatic rings. The lowest BCUT2D eigenvalue weighted by Crippen LogP contribution is -1.74. The van der Waals surface area contributed by atoms with Crippen LogP contribution in [0.4, 0.5) is 0 Å². The molecule has 0 bridgehead atoms. The Morgan fingerprint density at radius 1 is 1.10 bits per heavy atom. The van der Waals surface area contributed by atoms with Gasteiger partial charge in [0.2, 0.25) is 0 Å². The fourth-order valence-electron chi connectivity index (χ4n) is 0.596. The van der Waals surface area contributed by atoms with Gasteiger partial charge in [-0.25, -0.2) is 0 Å². The van der Waals surface area contributed by atoms with E-state index in [-0.39, 0.29) is 0 Å². The van der Waals surface area contributed by atoms with Gasteiger partial charge in [0.25, 0.3) is 0 Å². The van der Waals surface area contributed by atoms with Gasteiger partial charge in [-0.3, -0.25) is 0 Å². The predicted molar refractivity (Wildman–Crippen MR) is 51.6 cm³/mol. The highest BCUT2D eigenvalue weighted by atomic mass is 32.1. The van der Waals surface area contributed by atoms with Crippen molar-refractivity contribution in [2.24, 2.45) is 0 Å². The minimum absolute atomic E-state index is 0.945. The summed E-state index contributed by atoms with van der Waals surface area (Å²) in [6.45, 7) is 6.00. The molecular formula is C9H13S+. The standard InChI is InChI=1S/C7H8S.C2H4/c8-6-7-4-2-1-3-5-7;1-2/h1-5,8H,6H2;1-2H2/p+1. The third kappa shape index (κ3) is 3.36. The molecule has 1 rings (SSSR count). The highest BCUT2D eigenvalue weighted by Gasteiger charge is 1.85. The normalized spacial score (nSPS) is 7.70. The van der Waals surface area contributed by atoms with Crippen molar-refractivity contribution in [2.45, 2.75) is 5.75 Å². The second kappa shape index (κ2) is 6.43. The molecule has 0 aliphatic heterocycles. The molecule has 0 nitrogen and oxygen atoms in total. The molecule has 10 heavy (non-hydrogen) atoms. The quantitative estimate of drug-likeness (QED) is 0.427. The third-order valence-corrected chi connectivity index (χ3v) is 1.46. The molecular weight excluding hydrogens is 140 g/mol. The van der Waals surface area contributed by atoms with Crippen LogP contribution >= 0.6 is 0 Å². The van der Waals surface area contributed by atoms with Crippen molar-refractivity contribution in [3.63, 3.8) is 0 Å². The summed E-state index contributed by atoms with van der Waals surface area (Å²) in [5, 5.41) is 0. The molecule has 0 saturated heterocycles. The van der Waals surface area contributed by atoms with Gasteiger partial charge >= 0.3 is 0 Å². The van der Waals surface area contributed by atoms with Gasteiger partial charge in [0, 0.05) is 5.56 Å². The Labute approximate surface area is 68.0 Å². The van der Waals surface area contributed by atoms with Crippen molar-refractivity contribution in [3.05, 3.63) is 49.1 Å². The number of rotatable bonds is 1. The molecule has 1 heteroatoms. The molecule has 0 spiro atoms. The van der Waals surface area contributed by atoms with E-state index in [9.17, 15) is 0 Å². The van der Waals surface area contributed by atoms with E-state index in [2.05, 4.69) is 37.9 Å². The third-order valence-electron chi connectivity index (χ3n) is 1.05. The summed E-state index contributed by atoms with van der Waals surface area (Å²) in [4.78, 5) is 0. The first kappa shape index (κ1) is 9.31. The van der Waals surface area contributed by atoms with Crippen LogP contribution in [0.1, 0.15) is 5.56 Å². The van der Waals surface area contributed by atoms with Crippen LogP contribution in [0.5, 0.6) is 0 Å². The lowest BCUT2D eigenvalue weighted by atomic mass is 10.2. The maximum atomic E-state index is 3.40. The van der Waals surface area contributed by atoms with Crippen LogP contribution in [-0.2, 0) is 18.4 Å². The Morgan fingerprint density at radius 2 is 1.60 bits per heavy atom. The van der Waals surface area contributed by atoms with Gasteiger partial charge in [-0.15, -0.1) is 13.2 Å². The molecule has 0 aliphatic rings. The second-order valence-electron chi connectivity index (χ2n) is 1.66. The van der Waals surface area contributed by atoms with Gasteiger partial charge in [0.05, 0.1) is 0 Å². The van der Waals surface area contributed by atoms with Crippen molar-refractivity contribution >= 4 is 12.6 Å². The lowest BCUT2D eigenvalue weighted by Gasteiger charge is -1.85. The first-order valence-corrected chi connectivity index (χ1v) is 3.82. The van der Waals surface area contributed by atoms with Crippen molar-refractivity contribution in [3.8, 4) is 0 Å². The fourth-order valence-corrected chi connectivity index (χ4v) is 0.832. The first-order chi connectivity index (χ1) is 4.93. The van der Waals surface area contributed by atoms with E-state index >= 15 is 0 Å². The summed E-state index contributed by atoms with van der Waals surface area (Å²) >= 11 is 3.40. The zero-order valence-corrected chi connectivity index (χ0v) is 7.01. The Kier molecular flexibility index (Phi) is 5.99. The molecule has 54 valence electrons. The van der Waals surface area contributed by atoms with Gasteiger partial charge in [0.15, 0.2) is 0 Å². The SMILES string of the molecule is C=C.[SH2+]Cc1ccccc1. The molecule has 0 aromatic heterocycles. The lowest BCUT2D eigenvalue weighted by molar-refractivity contribution is 1.43. The summed E-state index contributed by atoms with van der Waals surface area (Å²) in [5.74, 6) is 0.945. The van der Waals surface area contributed by atoms with Crippen molar-refractivity contribution in [1.29, 1.82) is 0 Å². The Hall–Kier alpha value is -0.690. The van der Waals surface area contributed by atoms with Crippen molar-refractivity contribution in [1.82, 2.24) is 0 Å². The average molecular weight is 153 g/mol. The second-order valence-corrected chi connectivity index (χ2v) is 2.02.